The molecular weight excluding hydrogens is 416 g/mol. The Bertz CT molecular complexity index is 489. The number of hydrogen-bond acceptors (Lipinski definition) is 5. The van der Waals surface area contributed by atoms with Crippen LogP contribution in [0.5, 0.6) is 0 Å². The molecule has 1 atom stereocenters. The maximum Gasteiger partial charge on any atom is 0.306 e. The zero-order valence-electron chi connectivity index (χ0n) is 22.0. The highest BCUT2D eigenvalue weighted by Gasteiger charge is 2.14. The summed E-state index contributed by atoms with van der Waals surface area (Å²) >= 11 is 0. The molecule has 0 spiro atoms. The van der Waals surface area contributed by atoms with E-state index in [1.807, 2.05) is 0 Å². The molecule has 0 radical (unpaired) electrons. The molecule has 0 aliphatic rings. The van der Waals surface area contributed by atoms with Gasteiger partial charge in [0.05, 0.1) is 13.5 Å². The lowest BCUT2D eigenvalue weighted by atomic mass is 10.0. The summed E-state index contributed by atoms with van der Waals surface area (Å²) in [5, 5.41) is 0. The van der Waals surface area contributed by atoms with Crippen molar-refractivity contribution in [2.45, 2.75) is 155 Å². The molecule has 5 heteroatoms. The quantitative estimate of drug-likeness (QED) is 0.106. The smallest absolute Gasteiger partial charge is 0.306 e. The normalized spacial score (nSPS) is 11.8. The molecule has 0 aliphatic carbocycles. The van der Waals surface area contributed by atoms with Crippen molar-refractivity contribution >= 4 is 17.7 Å². The number of Topliss-reactive ketones (excluding diaryl/α,β-unsaturated/α-hetero) is 1. The van der Waals surface area contributed by atoms with Crippen LogP contribution in [-0.4, -0.2) is 30.9 Å². The summed E-state index contributed by atoms with van der Waals surface area (Å²) in [6.07, 6.45) is 22.2. The predicted octanol–water partition coefficient (Wildman–Crippen LogP) is 7.87. The van der Waals surface area contributed by atoms with E-state index in [0.717, 1.165) is 38.5 Å². The molecule has 0 heterocycles. The molecule has 194 valence electrons. The second-order valence-corrected chi connectivity index (χ2v) is 9.52. The molecule has 0 bridgehead atoms. The summed E-state index contributed by atoms with van der Waals surface area (Å²) < 4.78 is 10.4. The fraction of sp³-hybridized carbons (Fsp3) is 0.893. The Hall–Kier alpha value is -1.39. The van der Waals surface area contributed by atoms with Crippen LogP contribution in [0.4, 0.5) is 0 Å². The molecule has 5 nitrogen and oxygen atoms in total. The van der Waals surface area contributed by atoms with E-state index in [-0.39, 0.29) is 36.7 Å². The molecule has 0 amide bonds. The van der Waals surface area contributed by atoms with Crippen LogP contribution in [0.25, 0.3) is 0 Å². The van der Waals surface area contributed by atoms with Gasteiger partial charge in [-0.05, 0) is 39.0 Å². The van der Waals surface area contributed by atoms with Gasteiger partial charge in [-0.2, -0.15) is 0 Å². The Morgan fingerprint density at radius 3 is 1.48 bits per heavy atom. The third-order valence-corrected chi connectivity index (χ3v) is 6.24. The van der Waals surface area contributed by atoms with Crippen LogP contribution in [0.2, 0.25) is 0 Å². The van der Waals surface area contributed by atoms with E-state index in [1.165, 1.54) is 91.1 Å². The van der Waals surface area contributed by atoms with Crippen molar-refractivity contribution < 1.29 is 23.9 Å². The average Bonchev–Trinajstić information content (AvgIpc) is 2.80. The van der Waals surface area contributed by atoms with Gasteiger partial charge in [-0.15, -0.1) is 0 Å². The number of methoxy groups -OCH3 is 1. The Kier molecular flexibility index (Phi) is 22.8. The standard InChI is InChI=1S/C28H52O5/c1-4-5-6-7-11-14-17-20-26(33-28(31)24-23-25(2)29)21-18-15-12-9-8-10-13-16-19-22-27(30)32-3/h26H,4-24H2,1-3H3. The van der Waals surface area contributed by atoms with Crippen molar-refractivity contribution in [2.75, 3.05) is 7.11 Å². The third-order valence-electron chi connectivity index (χ3n) is 6.24. The highest BCUT2D eigenvalue weighted by atomic mass is 16.5. The summed E-state index contributed by atoms with van der Waals surface area (Å²) in [6.45, 7) is 3.76. The minimum atomic E-state index is -0.217. The number of esters is 2. The first-order valence-electron chi connectivity index (χ1n) is 13.7. The lowest BCUT2D eigenvalue weighted by Gasteiger charge is -2.18. The number of carbonyl (C=O) groups is 3. The maximum absolute atomic E-state index is 12.1. The van der Waals surface area contributed by atoms with Crippen LogP contribution in [0, 0.1) is 0 Å². The molecule has 0 aromatic heterocycles. The second-order valence-electron chi connectivity index (χ2n) is 9.52. The molecular formula is C28H52O5. The summed E-state index contributed by atoms with van der Waals surface area (Å²) in [5.41, 5.74) is 0. The van der Waals surface area contributed by atoms with Gasteiger partial charge >= 0.3 is 11.9 Å². The van der Waals surface area contributed by atoms with Crippen LogP contribution in [0.1, 0.15) is 149 Å². The van der Waals surface area contributed by atoms with Crippen LogP contribution in [0.3, 0.4) is 0 Å². The Labute approximate surface area is 203 Å². The first-order valence-corrected chi connectivity index (χ1v) is 13.7. The van der Waals surface area contributed by atoms with Gasteiger partial charge in [-0.25, -0.2) is 0 Å². The summed E-state index contributed by atoms with van der Waals surface area (Å²) in [7, 11) is 1.44. The van der Waals surface area contributed by atoms with Crippen molar-refractivity contribution in [3.63, 3.8) is 0 Å². The summed E-state index contributed by atoms with van der Waals surface area (Å²) in [6, 6.07) is 0. The van der Waals surface area contributed by atoms with Crippen LogP contribution < -0.4 is 0 Å². The highest BCUT2D eigenvalue weighted by molar-refractivity contribution is 5.81. The number of hydrogen-bond donors (Lipinski definition) is 0. The minimum Gasteiger partial charge on any atom is -0.469 e. The van der Waals surface area contributed by atoms with Crippen LogP contribution in [-0.2, 0) is 23.9 Å². The van der Waals surface area contributed by atoms with Gasteiger partial charge < -0.3 is 14.3 Å². The zero-order chi connectivity index (χ0) is 24.6. The molecule has 0 N–H and O–H groups in total. The SMILES string of the molecule is CCCCCCCCCC(CCCCCCCCCCCC(=O)OC)OC(=O)CCC(C)=O. The predicted molar refractivity (Wildman–Crippen MR) is 135 cm³/mol. The van der Waals surface area contributed by atoms with Gasteiger partial charge in [0.25, 0.3) is 0 Å². The monoisotopic (exact) mass is 468 g/mol. The topological polar surface area (TPSA) is 69.7 Å². The maximum atomic E-state index is 12.1. The third kappa shape index (κ3) is 23.6. The Balaban J connectivity index is 3.92. The molecule has 0 saturated heterocycles. The zero-order valence-corrected chi connectivity index (χ0v) is 22.0. The molecule has 1 unspecified atom stereocenters. The molecule has 33 heavy (non-hydrogen) atoms. The average molecular weight is 469 g/mol. The molecule has 0 rings (SSSR count). The summed E-state index contributed by atoms with van der Waals surface area (Å²) in [4.78, 5) is 34.3. The van der Waals surface area contributed by atoms with E-state index in [4.69, 9.17) is 4.74 Å². The molecule has 0 aromatic carbocycles. The van der Waals surface area contributed by atoms with Gasteiger partial charge in [0.2, 0.25) is 0 Å². The number of ketones is 1. The van der Waals surface area contributed by atoms with Crippen molar-refractivity contribution in [3.05, 3.63) is 0 Å². The second kappa shape index (κ2) is 23.8. The lowest BCUT2D eigenvalue weighted by molar-refractivity contribution is -0.150. The largest absolute Gasteiger partial charge is 0.469 e. The van der Waals surface area contributed by atoms with Crippen molar-refractivity contribution in [1.29, 1.82) is 0 Å². The fourth-order valence-corrected chi connectivity index (χ4v) is 4.10. The number of unbranched alkanes of at least 4 members (excludes halogenated alkanes) is 14. The highest BCUT2D eigenvalue weighted by Crippen LogP contribution is 2.18. The van der Waals surface area contributed by atoms with E-state index in [2.05, 4.69) is 11.7 Å². The van der Waals surface area contributed by atoms with Gasteiger partial charge in [0.15, 0.2) is 0 Å². The number of ether oxygens (including phenoxy) is 2. The number of carbonyl (C=O) groups excluding carboxylic acids is 3. The lowest BCUT2D eigenvalue weighted by Crippen LogP contribution is -2.19. The van der Waals surface area contributed by atoms with E-state index >= 15 is 0 Å². The first-order chi connectivity index (χ1) is 16.0. The summed E-state index contributed by atoms with van der Waals surface area (Å²) in [5.74, 6) is -0.283. The molecule has 0 saturated carbocycles. The van der Waals surface area contributed by atoms with Crippen molar-refractivity contribution in [1.82, 2.24) is 0 Å². The first kappa shape index (κ1) is 31.6. The van der Waals surface area contributed by atoms with E-state index in [9.17, 15) is 14.4 Å². The number of rotatable bonds is 24. The van der Waals surface area contributed by atoms with Gasteiger partial charge in [-0.1, -0.05) is 90.4 Å². The van der Waals surface area contributed by atoms with Gasteiger partial charge in [-0.3, -0.25) is 9.59 Å². The van der Waals surface area contributed by atoms with E-state index < -0.39 is 0 Å². The van der Waals surface area contributed by atoms with E-state index in [0.29, 0.717) is 6.42 Å². The fourth-order valence-electron chi connectivity index (χ4n) is 4.10. The van der Waals surface area contributed by atoms with Crippen molar-refractivity contribution in [3.8, 4) is 0 Å². The molecule has 0 aromatic rings. The van der Waals surface area contributed by atoms with E-state index in [1.54, 1.807) is 0 Å². The Morgan fingerprint density at radius 1 is 0.576 bits per heavy atom. The molecule has 0 aliphatic heterocycles. The van der Waals surface area contributed by atoms with Gasteiger partial charge in [0, 0.05) is 12.8 Å². The van der Waals surface area contributed by atoms with Crippen LogP contribution in [0.15, 0.2) is 0 Å². The minimum absolute atomic E-state index is 0.00918. The van der Waals surface area contributed by atoms with Crippen molar-refractivity contribution in [2.24, 2.45) is 0 Å². The molecule has 0 fully saturated rings. The Morgan fingerprint density at radius 2 is 1.03 bits per heavy atom. The van der Waals surface area contributed by atoms with Gasteiger partial charge in [0.1, 0.15) is 11.9 Å². The van der Waals surface area contributed by atoms with Crippen LogP contribution >= 0.6 is 0 Å².